The van der Waals surface area contributed by atoms with Gasteiger partial charge in [0.25, 0.3) is 0 Å². The number of cyclic esters (lactones) is 1. The molecule has 1 aromatic heterocycles. The van der Waals surface area contributed by atoms with Crippen LogP contribution in [0.15, 0.2) is 34.5 Å². The Kier molecular flexibility index (Phi) is 7.42. The second kappa shape index (κ2) is 9.57. The highest BCUT2D eigenvalue weighted by molar-refractivity contribution is 8.01. The molecule has 0 spiro atoms. The highest BCUT2D eigenvalue weighted by Gasteiger charge is 2.49. The molecule has 2 atom stereocenters. The summed E-state index contributed by atoms with van der Waals surface area (Å²) in [6.45, 7) is 10.2. The smallest absolute Gasteiger partial charge is 0.327 e. The first-order chi connectivity index (χ1) is 15.0. The van der Waals surface area contributed by atoms with Crippen LogP contribution in [0.4, 0.5) is 5.69 Å². The lowest BCUT2D eigenvalue weighted by atomic mass is 9.78. The monoisotopic (exact) mass is 475 g/mol. The van der Waals surface area contributed by atoms with Crippen molar-refractivity contribution >= 4 is 40.5 Å². The Morgan fingerprint density at radius 3 is 2.44 bits per heavy atom. The summed E-state index contributed by atoms with van der Waals surface area (Å²) in [4.78, 5) is 28.1. The van der Waals surface area contributed by atoms with E-state index in [9.17, 15) is 14.7 Å². The van der Waals surface area contributed by atoms with Crippen LogP contribution < -0.4 is 5.73 Å². The molecule has 3 N–H and O–H groups in total. The zero-order chi connectivity index (χ0) is 23.7. The number of hydrogen-bond acceptors (Lipinski definition) is 7. The lowest BCUT2D eigenvalue weighted by Crippen LogP contribution is -2.52. The number of Topliss-reactive ketones (excluding diaryl/α,β-unsaturated/α-hetero) is 1. The van der Waals surface area contributed by atoms with Crippen molar-refractivity contribution in [3.05, 3.63) is 45.6 Å². The van der Waals surface area contributed by atoms with Crippen LogP contribution >= 0.6 is 23.1 Å². The standard InChI is InChI=1S/C25H33NO4S2/c1-15(2)25(11-10-16-6-8-17(26)9-7-16)12-18(28)22(23(29)30-25)32-20-14-31-19(13-27)21(20)24(3,4)5/h6-9,14-15,22,27H,10-13,26H2,1-5H3. The summed E-state index contributed by atoms with van der Waals surface area (Å²) in [5.74, 6) is -0.537. The maximum Gasteiger partial charge on any atom is 0.327 e. The summed E-state index contributed by atoms with van der Waals surface area (Å²) in [5.41, 5.74) is 7.57. The third-order valence-corrected chi connectivity index (χ3v) is 8.51. The minimum absolute atomic E-state index is 0.0161. The topological polar surface area (TPSA) is 89.6 Å². The number of nitrogen functional groups attached to an aromatic ring is 1. The maximum absolute atomic E-state index is 13.2. The number of ether oxygens (including phenoxy) is 1. The molecular formula is C25H33NO4S2. The largest absolute Gasteiger partial charge is 0.457 e. The van der Waals surface area contributed by atoms with Crippen molar-refractivity contribution in [2.24, 2.45) is 5.92 Å². The molecule has 2 aromatic rings. The van der Waals surface area contributed by atoms with Crippen LogP contribution in [0, 0.1) is 5.92 Å². The van der Waals surface area contributed by atoms with Crippen molar-refractivity contribution < 1.29 is 19.4 Å². The number of carbonyl (C=O) groups excluding carboxylic acids is 2. The van der Waals surface area contributed by atoms with E-state index in [0.29, 0.717) is 18.5 Å². The van der Waals surface area contributed by atoms with Crippen LogP contribution in [0.25, 0.3) is 0 Å². The van der Waals surface area contributed by atoms with Gasteiger partial charge in [-0.3, -0.25) is 9.59 Å². The molecule has 174 valence electrons. The average Bonchev–Trinajstić information content (AvgIpc) is 3.13. The third kappa shape index (κ3) is 5.21. The van der Waals surface area contributed by atoms with Crippen LogP contribution in [-0.2, 0) is 32.8 Å². The summed E-state index contributed by atoms with van der Waals surface area (Å²) in [7, 11) is 0. The minimum Gasteiger partial charge on any atom is -0.457 e. The Morgan fingerprint density at radius 1 is 1.25 bits per heavy atom. The van der Waals surface area contributed by atoms with Gasteiger partial charge >= 0.3 is 5.97 Å². The van der Waals surface area contributed by atoms with Crippen molar-refractivity contribution in [3.8, 4) is 0 Å². The number of carbonyl (C=O) groups is 2. The van der Waals surface area contributed by atoms with Crippen molar-refractivity contribution in [1.82, 2.24) is 0 Å². The molecular weight excluding hydrogens is 442 g/mol. The van der Waals surface area contributed by atoms with Gasteiger partial charge in [-0.15, -0.1) is 23.1 Å². The molecule has 0 radical (unpaired) electrons. The molecule has 3 rings (SSSR count). The molecule has 1 fully saturated rings. The Morgan fingerprint density at radius 2 is 1.91 bits per heavy atom. The number of esters is 1. The predicted octanol–water partition coefficient (Wildman–Crippen LogP) is 5.12. The van der Waals surface area contributed by atoms with Gasteiger partial charge in [-0.25, -0.2) is 0 Å². The summed E-state index contributed by atoms with van der Waals surface area (Å²) in [6.07, 6.45) is 1.50. The minimum atomic E-state index is -0.874. The zero-order valence-electron chi connectivity index (χ0n) is 19.4. The van der Waals surface area contributed by atoms with E-state index in [2.05, 4.69) is 20.8 Å². The molecule has 1 aliphatic rings. The Labute approximate surface area is 198 Å². The number of aliphatic hydroxyl groups excluding tert-OH is 1. The summed E-state index contributed by atoms with van der Waals surface area (Å²) < 4.78 is 6.04. The van der Waals surface area contributed by atoms with Crippen LogP contribution in [0.3, 0.4) is 0 Å². The van der Waals surface area contributed by atoms with E-state index in [-0.39, 0.29) is 30.1 Å². The summed E-state index contributed by atoms with van der Waals surface area (Å²) in [5, 5.41) is 10.8. The fourth-order valence-electron chi connectivity index (χ4n) is 4.21. The Bertz CT molecular complexity index is 955. The van der Waals surface area contributed by atoms with Crippen LogP contribution in [0.1, 0.15) is 63.5 Å². The molecule has 5 nitrogen and oxygen atoms in total. The lowest BCUT2D eigenvalue weighted by Gasteiger charge is -2.41. The average molecular weight is 476 g/mol. The molecule has 0 bridgehead atoms. The van der Waals surface area contributed by atoms with Crippen LogP contribution in [-0.4, -0.2) is 27.7 Å². The Balaban J connectivity index is 1.79. The van der Waals surface area contributed by atoms with Gasteiger partial charge in [-0.1, -0.05) is 46.8 Å². The number of ketones is 1. The molecule has 32 heavy (non-hydrogen) atoms. The molecule has 2 heterocycles. The van der Waals surface area contributed by atoms with E-state index >= 15 is 0 Å². The zero-order valence-corrected chi connectivity index (χ0v) is 21.1. The van der Waals surface area contributed by atoms with Crippen molar-refractivity contribution in [1.29, 1.82) is 0 Å². The number of aryl methyl sites for hydroxylation is 1. The molecule has 1 saturated heterocycles. The number of hydrogen-bond donors (Lipinski definition) is 2. The van der Waals surface area contributed by atoms with Gasteiger partial charge < -0.3 is 15.6 Å². The van der Waals surface area contributed by atoms with Gasteiger partial charge in [0.05, 0.1) is 6.61 Å². The molecule has 0 saturated carbocycles. The van der Waals surface area contributed by atoms with E-state index in [4.69, 9.17) is 10.5 Å². The van der Waals surface area contributed by atoms with E-state index in [1.54, 1.807) is 0 Å². The lowest BCUT2D eigenvalue weighted by molar-refractivity contribution is -0.176. The van der Waals surface area contributed by atoms with Gasteiger partial charge in [0.2, 0.25) is 0 Å². The molecule has 0 aliphatic carbocycles. The second-order valence-electron chi connectivity index (χ2n) is 9.83. The first-order valence-electron chi connectivity index (χ1n) is 10.9. The highest BCUT2D eigenvalue weighted by Crippen LogP contribution is 2.44. The van der Waals surface area contributed by atoms with Gasteiger partial charge in [0.1, 0.15) is 5.60 Å². The fraction of sp³-hybridized carbons (Fsp3) is 0.520. The molecule has 7 heteroatoms. The Hall–Kier alpha value is -1.83. The second-order valence-corrected chi connectivity index (χ2v) is 11.9. The van der Waals surface area contributed by atoms with E-state index in [0.717, 1.165) is 20.9 Å². The molecule has 0 amide bonds. The summed E-state index contributed by atoms with van der Waals surface area (Å²) in [6, 6.07) is 7.66. The van der Waals surface area contributed by atoms with E-state index in [1.165, 1.54) is 23.1 Å². The number of thiophene rings is 1. The number of thioether (sulfide) groups is 1. The van der Waals surface area contributed by atoms with Crippen molar-refractivity contribution in [2.45, 2.75) is 81.6 Å². The fourth-order valence-corrected chi connectivity index (χ4v) is 6.78. The quantitative estimate of drug-likeness (QED) is 0.328. The number of benzene rings is 1. The van der Waals surface area contributed by atoms with Crippen LogP contribution in [0.5, 0.6) is 0 Å². The predicted molar refractivity (Wildman–Crippen MR) is 131 cm³/mol. The van der Waals surface area contributed by atoms with Gasteiger partial charge in [0.15, 0.2) is 11.0 Å². The highest BCUT2D eigenvalue weighted by atomic mass is 32.2. The molecule has 1 aromatic carbocycles. The number of anilines is 1. The van der Waals surface area contributed by atoms with Crippen molar-refractivity contribution in [3.63, 3.8) is 0 Å². The third-order valence-electron chi connectivity index (χ3n) is 6.12. The number of rotatable bonds is 7. The first kappa shape index (κ1) is 24.8. The molecule has 2 unspecified atom stereocenters. The number of aliphatic hydroxyl groups is 1. The SMILES string of the molecule is CC(C)C1(CCc2ccc(N)cc2)CC(=O)C(Sc2csc(CO)c2C(C)(C)C)C(=O)O1. The summed E-state index contributed by atoms with van der Waals surface area (Å²) >= 11 is 2.72. The van der Waals surface area contributed by atoms with Crippen molar-refractivity contribution in [2.75, 3.05) is 5.73 Å². The molecule has 1 aliphatic heterocycles. The maximum atomic E-state index is 13.2. The van der Waals surface area contributed by atoms with Gasteiger partial charge in [-0.05, 0) is 47.4 Å². The van der Waals surface area contributed by atoms with Gasteiger partial charge in [0, 0.05) is 27.3 Å². The van der Waals surface area contributed by atoms with Crippen LogP contribution in [0.2, 0.25) is 0 Å². The normalized spacial score (nSPS) is 21.8. The van der Waals surface area contributed by atoms with E-state index < -0.39 is 16.8 Å². The number of nitrogens with two attached hydrogens (primary N) is 1. The van der Waals surface area contributed by atoms with E-state index in [1.807, 2.05) is 43.5 Å². The van der Waals surface area contributed by atoms with Gasteiger partial charge in [-0.2, -0.15) is 0 Å². The first-order valence-corrected chi connectivity index (χ1v) is 12.7.